The van der Waals surface area contributed by atoms with Crippen LogP contribution in [0.15, 0.2) is 72.8 Å². The number of rotatable bonds is 5. The van der Waals surface area contributed by atoms with Gasteiger partial charge in [-0.15, -0.1) is 11.8 Å². The molecule has 2 amide bonds. The molecule has 1 N–H and O–H groups in total. The second-order valence-corrected chi connectivity index (χ2v) is 8.50. The number of hydrogen-bond donors (Lipinski definition) is 1. The van der Waals surface area contributed by atoms with Crippen LogP contribution in [-0.4, -0.2) is 32.1 Å². The van der Waals surface area contributed by atoms with Crippen molar-refractivity contribution in [3.05, 3.63) is 88.5 Å². The number of nitro benzene ring substituents is 1. The first-order valence-corrected chi connectivity index (χ1v) is 11.0. The van der Waals surface area contributed by atoms with Crippen molar-refractivity contribution in [2.24, 2.45) is 0 Å². The summed E-state index contributed by atoms with van der Waals surface area (Å²) >= 11 is 1.37. The minimum absolute atomic E-state index is 0.0231. The molecule has 0 radical (unpaired) electrons. The Morgan fingerprint density at radius 1 is 1.00 bits per heavy atom. The summed E-state index contributed by atoms with van der Waals surface area (Å²) in [7, 11) is 0. The number of carbonyl (C=O) groups is 2. The first-order chi connectivity index (χ1) is 15.5. The molecule has 0 bridgehead atoms. The minimum Gasteiger partial charge on any atom is -0.331 e. The second-order valence-electron chi connectivity index (χ2n) is 7.43. The van der Waals surface area contributed by atoms with E-state index in [9.17, 15) is 19.7 Å². The monoisotopic (exact) mass is 446 g/mol. The third-order valence-electron chi connectivity index (χ3n) is 5.48. The number of nitro groups is 1. The molecule has 2 heterocycles. The molecule has 1 aliphatic rings. The number of benzene rings is 3. The molecule has 4 aromatic rings. The third-order valence-corrected chi connectivity index (χ3v) is 6.70. The molecule has 0 spiro atoms. The van der Waals surface area contributed by atoms with E-state index in [0.29, 0.717) is 5.56 Å². The number of hydrogen-bond acceptors (Lipinski definition) is 5. The highest BCUT2D eigenvalue weighted by Crippen LogP contribution is 2.38. The van der Waals surface area contributed by atoms with Crippen molar-refractivity contribution in [2.75, 3.05) is 5.75 Å². The fourth-order valence-electron chi connectivity index (χ4n) is 4.04. The standard InChI is InChI=1S/C23H18N4O4S/c28-21(13-25-19-7-3-1-5-17(19)18-6-2-4-8-20(18)25)24-26-22(29)14-32-23(26)15-9-11-16(12-10-15)27(30)31/h1-12,23H,13-14H2,(H,24,28). The van der Waals surface area contributed by atoms with E-state index in [0.717, 1.165) is 21.8 Å². The second kappa shape index (κ2) is 8.01. The van der Waals surface area contributed by atoms with Crippen molar-refractivity contribution in [3.63, 3.8) is 0 Å². The lowest BCUT2D eigenvalue weighted by Crippen LogP contribution is -2.45. The van der Waals surface area contributed by atoms with Crippen LogP contribution in [0.4, 0.5) is 5.69 Å². The van der Waals surface area contributed by atoms with Crippen LogP contribution in [0, 0.1) is 10.1 Å². The maximum Gasteiger partial charge on any atom is 0.269 e. The molecule has 1 saturated heterocycles. The van der Waals surface area contributed by atoms with Gasteiger partial charge in [0.15, 0.2) is 0 Å². The maximum absolute atomic E-state index is 13.0. The molecule has 1 atom stereocenters. The lowest BCUT2D eigenvalue weighted by atomic mass is 10.2. The van der Waals surface area contributed by atoms with Crippen molar-refractivity contribution < 1.29 is 14.5 Å². The molecule has 1 fully saturated rings. The van der Waals surface area contributed by atoms with Crippen LogP contribution in [0.25, 0.3) is 21.8 Å². The number of nitrogens with one attached hydrogen (secondary N) is 1. The van der Waals surface area contributed by atoms with Crippen molar-refractivity contribution in [3.8, 4) is 0 Å². The lowest BCUT2D eigenvalue weighted by Gasteiger charge is -2.24. The van der Waals surface area contributed by atoms with Gasteiger partial charge in [-0.05, 0) is 29.8 Å². The smallest absolute Gasteiger partial charge is 0.269 e. The first kappa shape index (κ1) is 20.1. The van der Waals surface area contributed by atoms with E-state index < -0.39 is 10.3 Å². The Hall–Kier alpha value is -3.85. The van der Waals surface area contributed by atoms with Gasteiger partial charge in [0.2, 0.25) is 0 Å². The van der Waals surface area contributed by atoms with Crippen LogP contribution < -0.4 is 5.43 Å². The number of para-hydroxylation sites is 2. The summed E-state index contributed by atoms with van der Waals surface area (Å²) in [5.74, 6) is -0.315. The molecule has 5 rings (SSSR count). The number of carbonyl (C=O) groups excluding carboxylic acids is 2. The zero-order valence-corrected chi connectivity index (χ0v) is 17.6. The Morgan fingerprint density at radius 2 is 1.59 bits per heavy atom. The molecule has 0 aliphatic carbocycles. The number of fused-ring (bicyclic) bond motifs is 3. The molecule has 0 saturated carbocycles. The SMILES string of the molecule is O=C(Cn1c2ccccc2c2ccccc21)NN1C(=O)CSC1c1ccc([N+](=O)[O-])cc1. The van der Waals surface area contributed by atoms with Crippen molar-refractivity contribution in [2.45, 2.75) is 11.9 Å². The Bertz CT molecular complexity index is 1310. The maximum atomic E-state index is 13.0. The fourth-order valence-corrected chi connectivity index (χ4v) is 5.15. The number of non-ortho nitro benzene ring substituents is 1. The summed E-state index contributed by atoms with van der Waals surface area (Å²) in [5, 5.41) is 13.9. The highest BCUT2D eigenvalue weighted by atomic mass is 32.2. The zero-order chi connectivity index (χ0) is 22.2. The summed E-state index contributed by atoms with van der Waals surface area (Å²) in [5.41, 5.74) is 5.33. The summed E-state index contributed by atoms with van der Waals surface area (Å²) < 4.78 is 1.94. The molecule has 32 heavy (non-hydrogen) atoms. The van der Waals surface area contributed by atoms with E-state index in [1.54, 1.807) is 12.1 Å². The van der Waals surface area contributed by atoms with E-state index in [1.165, 1.54) is 28.9 Å². The van der Waals surface area contributed by atoms with Gasteiger partial charge < -0.3 is 4.57 Å². The largest absolute Gasteiger partial charge is 0.331 e. The Balaban J connectivity index is 1.40. The van der Waals surface area contributed by atoms with Crippen LogP contribution in [0.1, 0.15) is 10.9 Å². The average molecular weight is 446 g/mol. The van der Waals surface area contributed by atoms with E-state index in [-0.39, 0.29) is 29.8 Å². The van der Waals surface area contributed by atoms with Gasteiger partial charge in [0.25, 0.3) is 17.5 Å². The molecule has 1 aliphatic heterocycles. The first-order valence-electron chi connectivity index (χ1n) is 9.96. The van der Waals surface area contributed by atoms with Gasteiger partial charge in [-0.1, -0.05) is 36.4 Å². The normalized spacial score (nSPS) is 16.1. The summed E-state index contributed by atoms with van der Waals surface area (Å²) in [6.07, 6.45) is 0. The number of aromatic nitrogens is 1. The number of thioether (sulfide) groups is 1. The quantitative estimate of drug-likeness (QED) is 0.369. The fraction of sp³-hybridized carbons (Fsp3) is 0.130. The van der Waals surface area contributed by atoms with Gasteiger partial charge in [-0.25, -0.2) is 5.01 Å². The molecular formula is C23H18N4O4S. The van der Waals surface area contributed by atoms with E-state index in [2.05, 4.69) is 5.43 Å². The predicted octanol–water partition coefficient (Wildman–Crippen LogP) is 4.01. The highest BCUT2D eigenvalue weighted by molar-refractivity contribution is 8.00. The van der Waals surface area contributed by atoms with Crippen molar-refractivity contribution in [1.29, 1.82) is 0 Å². The Labute approximate surface area is 186 Å². The third kappa shape index (κ3) is 3.46. The number of amides is 2. The molecule has 8 nitrogen and oxygen atoms in total. The van der Waals surface area contributed by atoms with Crippen molar-refractivity contribution in [1.82, 2.24) is 15.0 Å². The zero-order valence-electron chi connectivity index (χ0n) is 16.8. The van der Waals surface area contributed by atoms with Gasteiger partial charge in [0.1, 0.15) is 11.9 Å². The van der Waals surface area contributed by atoms with E-state index in [1.807, 2.05) is 53.1 Å². The minimum atomic E-state index is -0.470. The topological polar surface area (TPSA) is 97.5 Å². The van der Waals surface area contributed by atoms with Crippen molar-refractivity contribution >= 4 is 51.1 Å². The Morgan fingerprint density at radius 3 is 2.19 bits per heavy atom. The van der Waals surface area contributed by atoms with Gasteiger partial charge in [0, 0.05) is 33.9 Å². The van der Waals surface area contributed by atoms with Gasteiger partial charge in [-0.2, -0.15) is 0 Å². The van der Waals surface area contributed by atoms with Crippen LogP contribution in [0.5, 0.6) is 0 Å². The number of nitrogens with zero attached hydrogens (tertiary/aromatic N) is 3. The molecule has 9 heteroatoms. The average Bonchev–Trinajstić information content (AvgIpc) is 3.32. The van der Waals surface area contributed by atoms with Gasteiger partial charge in [-0.3, -0.25) is 25.1 Å². The summed E-state index contributed by atoms with van der Waals surface area (Å²) in [4.78, 5) is 35.9. The summed E-state index contributed by atoms with van der Waals surface area (Å²) in [6, 6.07) is 21.8. The Kier molecular flexibility index (Phi) is 5.02. The van der Waals surface area contributed by atoms with Crippen LogP contribution in [0.3, 0.4) is 0 Å². The predicted molar refractivity (Wildman–Crippen MR) is 123 cm³/mol. The van der Waals surface area contributed by atoms with Crippen LogP contribution in [-0.2, 0) is 16.1 Å². The lowest BCUT2D eigenvalue weighted by molar-refractivity contribution is -0.384. The van der Waals surface area contributed by atoms with Crippen LogP contribution in [0.2, 0.25) is 0 Å². The van der Waals surface area contributed by atoms with E-state index >= 15 is 0 Å². The van der Waals surface area contributed by atoms with Crippen LogP contribution >= 0.6 is 11.8 Å². The van der Waals surface area contributed by atoms with Gasteiger partial charge in [0.05, 0.1) is 10.7 Å². The van der Waals surface area contributed by atoms with E-state index in [4.69, 9.17) is 0 Å². The molecular weight excluding hydrogens is 428 g/mol. The molecule has 160 valence electrons. The number of hydrazine groups is 1. The molecule has 1 aromatic heterocycles. The summed E-state index contributed by atoms with van der Waals surface area (Å²) in [6.45, 7) is 0.0510. The highest BCUT2D eigenvalue weighted by Gasteiger charge is 2.34. The van der Waals surface area contributed by atoms with Gasteiger partial charge >= 0.3 is 0 Å². The molecule has 1 unspecified atom stereocenters. The molecule has 3 aromatic carbocycles.